The maximum Gasteiger partial charge on any atom is 0.247 e. The van der Waals surface area contributed by atoms with Crippen LogP contribution in [0.4, 0.5) is 11.4 Å². The molecule has 1 fully saturated rings. The van der Waals surface area contributed by atoms with Gasteiger partial charge in [0.05, 0.1) is 11.4 Å². The minimum Gasteiger partial charge on any atom is -0.454 e. The molecular formula is C21H19N3O4. The Morgan fingerprint density at radius 1 is 1.18 bits per heavy atom. The van der Waals surface area contributed by atoms with Gasteiger partial charge in [0.1, 0.15) is 6.04 Å². The molecule has 2 atom stereocenters. The van der Waals surface area contributed by atoms with Crippen LogP contribution in [-0.4, -0.2) is 37.2 Å². The molecule has 7 nitrogen and oxygen atoms in total. The fourth-order valence-electron chi connectivity index (χ4n) is 3.94. The Kier molecular flexibility index (Phi) is 3.93. The lowest BCUT2D eigenvalue weighted by molar-refractivity contribution is -0.118. The van der Waals surface area contributed by atoms with E-state index in [0.717, 1.165) is 16.9 Å². The molecule has 2 N–H and O–H groups in total. The lowest BCUT2D eigenvalue weighted by atomic mass is 10.1. The van der Waals surface area contributed by atoms with E-state index in [1.54, 1.807) is 6.08 Å². The first-order valence-electron chi connectivity index (χ1n) is 9.22. The molecule has 28 heavy (non-hydrogen) atoms. The summed E-state index contributed by atoms with van der Waals surface area (Å²) in [5, 5.41) is 5.95. The Hall–Kier alpha value is -3.48. The second-order valence-corrected chi connectivity index (χ2v) is 7.06. The molecule has 0 spiro atoms. The molecule has 2 amide bonds. The average molecular weight is 377 g/mol. The first kappa shape index (κ1) is 16.7. The summed E-state index contributed by atoms with van der Waals surface area (Å²) in [4.78, 5) is 26.8. The zero-order valence-electron chi connectivity index (χ0n) is 15.1. The summed E-state index contributed by atoms with van der Waals surface area (Å²) in [5.41, 5.74) is 2.68. The summed E-state index contributed by atoms with van der Waals surface area (Å²) < 4.78 is 10.6. The van der Waals surface area contributed by atoms with Crippen molar-refractivity contribution < 1.29 is 19.1 Å². The molecule has 2 aromatic carbocycles. The fourth-order valence-corrected chi connectivity index (χ4v) is 3.94. The van der Waals surface area contributed by atoms with E-state index in [9.17, 15) is 9.59 Å². The van der Waals surface area contributed by atoms with Crippen molar-refractivity contribution >= 4 is 29.3 Å². The van der Waals surface area contributed by atoms with Crippen LogP contribution < -0.4 is 25.0 Å². The lowest BCUT2D eigenvalue weighted by Gasteiger charge is -2.32. The monoisotopic (exact) mass is 377 g/mol. The molecule has 0 aromatic heterocycles. The van der Waals surface area contributed by atoms with Gasteiger partial charge in [0, 0.05) is 18.7 Å². The highest BCUT2D eigenvalue weighted by Crippen LogP contribution is 2.36. The summed E-state index contributed by atoms with van der Waals surface area (Å²) in [7, 11) is 0. The zero-order chi connectivity index (χ0) is 19.1. The highest BCUT2D eigenvalue weighted by molar-refractivity contribution is 6.04. The van der Waals surface area contributed by atoms with Crippen LogP contribution >= 0.6 is 0 Å². The molecule has 0 radical (unpaired) electrons. The summed E-state index contributed by atoms with van der Waals surface area (Å²) in [6, 6.07) is 12.9. The van der Waals surface area contributed by atoms with Crippen molar-refractivity contribution in [2.45, 2.75) is 18.5 Å². The number of rotatable bonds is 3. The Bertz CT molecular complexity index is 987. The van der Waals surface area contributed by atoms with Gasteiger partial charge in [0.2, 0.25) is 18.6 Å². The van der Waals surface area contributed by atoms with Crippen molar-refractivity contribution in [3.63, 3.8) is 0 Å². The third kappa shape index (κ3) is 2.94. The quantitative estimate of drug-likeness (QED) is 0.802. The molecule has 7 heteroatoms. The number of amides is 2. The van der Waals surface area contributed by atoms with Crippen molar-refractivity contribution in [3.05, 3.63) is 54.1 Å². The Morgan fingerprint density at radius 3 is 2.96 bits per heavy atom. The topological polar surface area (TPSA) is 79.9 Å². The van der Waals surface area contributed by atoms with E-state index in [2.05, 4.69) is 15.5 Å². The standard InChI is InChI=1S/C21H19N3O4/c25-20(8-6-13-5-7-18-19(9-13)28-12-27-18)22-14-10-17-21(26)23-15-3-1-2-4-16(15)24(17)11-14/h1-9,14,17H,10-12H2,(H,22,25)(H,23,26)/b8-6+/t14-,17+/m0/s1. The SMILES string of the molecule is O=C(/C=C/c1ccc2c(c1)OCO2)N[C@H]1C[C@@H]2C(=O)Nc3ccccc3N2C1. The number of hydrogen-bond acceptors (Lipinski definition) is 5. The van der Waals surface area contributed by atoms with Crippen LogP contribution in [0.3, 0.4) is 0 Å². The molecule has 0 saturated carbocycles. The van der Waals surface area contributed by atoms with Crippen LogP contribution in [-0.2, 0) is 9.59 Å². The zero-order valence-corrected chi connectivity index (χ0v) is 15.1. The molecule has 0 unspecified atom stereocenters. The molecule has 3 aliphatic heterocycles. The number of carbonyl (C=O) groups excluding carboxylic acids is 2. The van der Waals surface area contributed by atoms with Crippen LogP contribution in [0.5, 0.6) is 11.5 Å². The van der Waals surface area contributed by atoms with E-state index in [-0.39, 0.29) is 30.7 Å². The molecule has 3 aliphatic rings. The predicted molar refractivity (Wildman–Crippen MR) is 104 cm³/mol. The van der Waals surface area contributed by atoms with Crippen molar-refractivity contribution in [2.24, 2.45) is 0 Å². The molecule has 0 bridgehead atoms. The maximum absolute atomic E-state index is 12.4. The normalized spacial score (nSPS) is 22.0. The van der Waals surface area contributed by atoms with Crippen LogP contribution in [0.1, 0.15) is 12.0 Å². The number of nitrogens with zero attached hydrogens (tertiary/aromatic N) is 1. The Balaban J connectivity index is 1.25. The number of benzene rings is 2. The maximum atomic E-state index is 12.4. The first-order chi connectivity index (χ1) is 13.7. The van der Waals surface area contributed by atoms with Crippen LogP contribution in [0.15, 0.2) is 48.5 Å². The second kappa shape index (κ2) is 6.60. The molecule has 3 heterocycles. The highest BCUT2D eigenvalue weighted by atomic mass is 16.7. The van der Waals surface area contributed by atoms with Gasteiger partial charge in [-0.05, 0) is 42.3 Å². The highest BCUT2D eigenvalue weighted by Gasteiger charge is 2.41. The second-order valence-electron chi connectivity index (χ2n) is 7.06. The van der Waals surface area contributed by atoms with E-state index < -0.39 is 0 Å². The van der Waals surface area contributed by atoms with Gasteiger partial charge in [0.15, 0.2) is 11.5 Å². The number of para-hydroxylation sites is 2. The minimum absolute atomic E-state index is 0.0219. The third-order valence-corrected chi connectivity index (χ3v) is 5.25. The van der Waals surface area contributed by atoms with E-state index >= 15 is 0 Å². The van der Waals surface area contributed by atoms with Crippen molar-refractivity contribution in [1.82, 2.24) is 5.32 Å². The van der Waals surface area contributed by atoms with E-state index in [0.29, 0.717) is 24.5 Å². The molecule has 0 aliphatic carbocycles. The van der Waals surface area contributed by atoms with Gasteiger partial charge in [-0.3, -0.25) is 9.59 Å². The van der Waals surface area contributed by atoms with Crippen LogP contribution in [0.2, 0.25) is 0 Å². The molecule has 2 aromatic rings. The number of fused-ring (bicyclic) bond motifs is 4. The third-order valence-electron chi connectivity index (χ3n) is 5.25. The van der Waals surface area contributed by atoms with E-state index in [4.69, 9.17) is 9.47 Å². The first-order valence-corrected chi connectivity index (χ1v) is 9.22. The van der Waals surface area contributed by atoms with Gasteiger partial charge in [-0.2, -0.15) is 0 Å². The molecule has 1 saturated heterocycles. The summed E-state index contributed by atoms with van der Waals surface area (Å²) in [6.07, 6.45) is 3.83. The van der Waals surface area contributed by atoms with Gasteiger partial charge in [-0.25, -0.2) is 0 Å². The smallest absolute Gasteiger partial charge is 0.247 e. The van der Waals surface area contributed by atoms with Crippen molar-refractivity contribution in [3.8, 4) is 11.5 Å². The molecular weight excluding hydrogens is 358 g/mol. The molecule has 5 rings (SSSR count). The number of carbonyl (C=O) groups is 2. The molecule has 142 valence electrons. The van der Waals surface area contributed by atoms with Gasteiger partial charge in [-0.1, -0.05) is 18.2 Å². The Labute approximate surface area is 161 Å². The van der Waals surface area contributed by atoms with Gasteiger partial charge in [0.25, 0.3) is 0 Å². The largest absolute Gasteiger partial charge is 0.454 e. The lowest BCUT2D eigenvalue weighted by Crippen LogP contribution is -2.43. The van der Waals surface area contributed by atoms with Crippen LogP contribution in [0.25, 0.3) is 6.08 Å². The average Bonchev–Trinajstić information content (AvgIpc) is 3.33. The minimum atomic E-state index is -0.252. The van der Waals surface area contributed by atoms with E-state index in [1.807, 2.05) is 42.5 Å². The summed E-state index contributed by atoms with van der Waals surface area (Å²) in [5.74, 6) is 1.19. The van der Waals surface area contributed by atoms with E-state index in [1.165, 1.54) is 6.08 Å². The predicted octanol–water partition coefficient (Wildman–Crippen LogP) is 2.14. The Morgan fingerprint density at radius 2 is 2.04 bits per heavy atom. The van der Waals surface area contributed by atoms with Crippen molar-refractivity contribution in [2.75, 3.05) is 23.6 Å². The summed E-state index contributed by atoms with van der Waals surface area (Å²) >= 11 is 0. The van der Waals surface area contributed by atoms with Crippen molar-refractivity contribution in [1.29, 1.82) is 0 Å². The van der Waals surface area contributed by atoms with Gasteiger partial charge in [-0.15, -0.1) is 0 Å². The number of anilines is 2. The van der Waals surface area contributed by atoms with Gasteiger partial charge < -0.3 is 25.0 Å². The fraction of sp³-hybridized carbons (Fsp3) is 0.238. The number of ether oxygens (including phenoxy) is 2. The van der Waals surface area contributed by atoms with Crippen LogP contribution in [0, 0.1) is 0 Å². The van der Waals surface area contributed by atoms with Gasteiger partial charge >= 0.3 is 0 Å². The summed E-state index contributed by atoms with van der Waals surface area (Å²) in [6.45, 7) is 0.831. The number of hydrogen-bond donors (Lipinski definition) is 2. The number of nitrogens with one attached hydrogen (secondary N) is 2.